The summed E-state index contributed by atoms with van der Waals surface area (Å²) in [4.78, 5) is 18.5. The molecule has 1 unspecified atom stereocenters. The van der Waals surface area contributed by atoms with E-state index in [4.69, 9.17) is 0 Å². The molecule has 0 saturated carbocycles. The zero-order chi connectivity index (χ0) is 13.0. The van der Waals surface area contributed by atoms with E-state index in [9.17, 15) is 4.79 Å². The first-order valence-corrected chi connectivity index (χ1v) is 6.67. The van der Waals surface area contributed by atoms with Gasteiger partial charge in [0.1, 0.15) is 5.69 Å². The van der Waals surface area contributed by atoms with Crippen LogP contribution in [0.2, 0.25) is 0 Å². The molecule has 98 valence electrons. The van der Waals surface area contributed by atoms with Crippen molar-refractivity contribution in [2.24, 2.45) is 5.92 Å². The summed E-state index contributed by atoms with van der Waals surface area (Å²) in [5, 5.41) is 3.03. The van der Waals surface area contributed by atoms with Gasteiger partial charge in [0.05, 0.1) is 0 Å². The first kappa shape index (κ1) is 12.9. The van der Waals surface area contributed by atoms with Gasteiger partial charge < -0.3 is 10.2 Å². The second kappa shape index (κ2) is 5.85. The highest BCUT2D eigenvalue weighted by Gasteiger charge is 2.24. The minimum Gasteiger partial charge on any atom is -0.388 e. The number of carbonyl (C=O) groups is 1. The maximum atomic E-state index is 12.4. The number of hydrogen-bond acceptors (Lipinski definition) is 3. The standard InChI is InChI=1S/C14H21N3O/c1-3-11-5-4-8-17(10-11)14(18)13-9-12(15-2)6-7-16-13/h6-7,9,11H,3-5,8,10H2,1-2H3,(H,15,16). The number of pyridine rings is 1. The van der Waals surface area contributed by atoms with Crippen molar-refractivity contribution in [1.29, 1.82) is 0 Å². The zero-order valence-corrected chi connectivity index (χ0v) is 11.1. The molecule has 18 heavy (non-hydrogen) atoms. The van der Waals surface area contributed by atoms with E-state index in [1.807, 2.05) is 24.1 Å². The van der Waals surface area contributed by atoms with Crippen molar-refractivity contribution in [1.82, 2.24) is 9.88 Å². The molecule has 1 saturated heterocycles. The molecular weight excluding hydrogens is 226 g/mol. The monoisotopic (exact) mass is 247 g/mol. The zero-order valence-electron chi connectivity index (χ0n) is 11.1. The van der Waals surface area contributed by atoms with Gasteiger partial charge in [0.25, 0.3) is 5.91 Å². The van der Waals surface area contributed by atoms with Gasteiger partial charge in [0.2, 0.25) is 0 Å². The van der Waals surface area contributed by atoms with Crippen molar-refractivity contribution in [3.63, 3.8) is 0 Å². The van der Waals surface area contributed by atoms with E-state index >= 15 is 0 Å². The van der Waals surface area contributed by atoms with Gasteiger partial charge in [0.15, 0.2) is 0 Å². The molecule has 0 spiro atoms. The normalized spacial score (nSPS) is 19.7. The highest BCUT2D eigenvalue weighted by Crippen LogP contribution is 2.21. The number of rotatable bonds is 3. The van der Waals surface area contributed by atoms with Gasteiger partial charge >= 0.3 is 0 Å². The summed E-state index contributed by atoms with van der Waals surface area (Å²) < 4.78 is 0. The van der Waals surface area contributed by atoms with Gasteiger partial charge in [-0.15, -0.1) is 0 Å². The predicted octanol–water partition coefficient (Wildman–Crippen LogP) is 2.39. The number of aromatic nitrogens is 1. The summed E-state index contributed by atoms with van der Waals surface area (Å²) in [7, 11) is 1.84. The molecule has 1 aliphatic rings. The van der Waals surface area contributed by atoms with Gasteiger partial charge in [-0.2, -0.15) is 0 Å². The third-order valence-corrected chi connectivity index (χ3v) is 3.65. The Balaban J connectivity index is 2.10. The molecule has 2 heterocycles. The lowest BCUT2D eigenvalue weighted by molar-refractivity contribution is 0.0665. The summed E-state index contributed by atoms with van der Waals surface area (Å²) in [6, 6.07) is 3.68. The fraction of sp³-hybridized carbons (Fsp3) is 0.571. The lowest BCUT2D eigenvalue weighted by Crippen LogP contribution is -2.40. The summed E-state index contributed by atoms with van der Waals surface area (Å²) in [6.45, 7) is 3.93. The smallest absolute Gasteiger partial charge is 0.272 e. The minimum absolute atomic E-state index is 0.0604. The van der Waals surface area contributed by atoms with Crippen LogP contribution in [0, 0.1) is 5.92 Å². The molecule has 1 aromatic rings. The van der Waals surface area contributed by atoms with Crippen LogP contribution in [0.5, 0.6) is 0 Å². The Morgan fingerprint density at radius 1 is 1.61 bits per heavy atom. The molecule has 1 fully saturated rings. The number of nitrogens with zero attached hydrogens (tertiary/aromatic N) is 2. The third-order valence-electron chi connectivity index (χ3n) is 3.65. The first-order chi connectivity index (χ1) is 8.74. The van der Waals surface area contributed by atoms with Crippen LogP contribution in [0.3, 0.4) is 0 Å². The van der Waals surface area contributed by atoms with E-state index in [-0.39, 0.29) is 5.91 Å². The van der Waals surface area contributed by atoms with E-state index < -0.39 is 0 Å². The molecule has 0 bridgehead atoms. The SMILES string of the molecule is CCC1CCCN(C(=O)c2cc(NC)ccn2)C1. The molecule has 0 aromatic carbocycles. The van der Waals surface area contributed by atoms with Crippen LogP contribution in [-0.4, -0.2) is 35.9 Å². The fourth-order valence-electron chi connectivity index (χ4n) is 2.45. The van der Waals surface area contributed by atoms with Crippen molar-refractivity contribution >= 4 is 11.6 Å². The number of carbonyl (C=O) groups excluding carboxylic acids is 1. The summed E-state index contributed by atoms with van der Waals surface area (Å²) in [5.41, 5.74) is 1.47. The molecule has 4 heteroatoms. The minimum atomic E-state index is 0.0604. The van der Waals surface area contributed by atoms with E-state index in [0.717, 1.165) is 31.6 Å². The summed E-state index contributed by atoms with van der Waals surface area (Å²) in [5.74, 6) is 0.709. The average molecular weight is 247 g/mol. The lowest BCUT2D eigenvalue weighted by Gasteiger charge is -2.32. The van der Waals surface area contributed by atoms with Crippen LogP contribution in [0.4, 0.5) is 5.69 Å². The summed E-state index contributed by atoms with van der Waals surface area (Å²) in [6.07, 6.45) is 5.17. The number of piperidine rings is 1. The fourth-order valence-corrected chi connectivity index (χ4v) is 2.45. The topological polar surface area (TPSA) is 45.2 Å². The molecule has 1 aliphatic heterocycles. The van der Waals surface area contributed by atoms with Crippen molar-refractivity contribution < 1.29 is 4.79 Å². The average Bonchev–Trinajstić information content (AvgIpc) is 2.46. The van der Waals surface area contributed by atoms with Crippen molar-refractivity contribution in [2.75, 3.05) is 25.5 Å². The Kier molecular flexibility index (Phi) is 4.18. The molecule has 4 nitrogen and oxygen atoms in total. The Morgan fingerprint density at radius 2 is 2.44 bits per heavy atom. The quantitative estimate of drug-likeness (QED) is 0.892. The lowest BCUT2D eigenvalue weighted by atomic mass is 9.95. The van der Waals surface area contributed by atoms with E-state index in [2.05, 4.69) is 17.2 Å². The van der Waals surface area contributed by atoms with Crippen LogP contribution < -0.4 is 5.32 Å². The van der Waals surface area contributed by atoms with Gasteiger partial charge in [0, 0.05) is 32.0 Å². The molecule has 0 aliphatic carbocycles. The Morgan fingerprint density at radius 3 is 3.17 bits per heavy atom. The van der Waals surface area contributed by atoms with Crippen molar-refractivity contribution in [2.45, 2.75) is 26.2 Å². The summed E-state index contributed by atoms with van der Waals surface area (Å²) >= 11 is 0. The highest BCUT2D eigenvalue weighted by atomic mass is 16.2. The number of nitrogens with one attached hydrogen (secondary N) is 1. The largest absolute Gasteiger partial charge is 0.388 e. The second-order valence-corrected chi connectivity index (χ2v) is 4.85. The number of anilines is 1. The van der Waals surface area contributed by atoms with Crippen LogP contribution in [0.25, 0.3) is 0 Å². The van der Waals surface area contributed by atoms with Crippen molar-refractivity contribution in [3.05, 3.63) is 24.0 Å². The van der Waals surface area contributed by atoms with E-state index in [1.165, 1.54) is 6.42 Å². The molecule has 1 atom stereocenters. The Hall–Kier alpha value is -1.58. The molecule has 1 N–H and O–H groups in total. The molecule has 1 amide bonds. The maximum Gasteiger partial charge on any atom is 0.272 e. The number of likely N-dealkylation sites (tertiary alicyclic amines) is 1. The third kappa shape index (κ3) is 2.81. The van der Waals surface area contributed by atoms with Crippen LogP contribution in [-0.2, 0) is 0 Å². The first-order valence-electron chi connectivity index (χ1n) is 6.67. The molecular formula is C14H21N3O. The van der Waals surface area contributed by atoms with Crippen molar-refractivity contribution in [3.8, 4) is 0 Å². The molecule has 2 rings (SSSR count). The Bertz CT molecular complexity index is 419. The van der Waals surface area contributed by atoms with Gasteiger partial charge in [-0.3, -0.25) is 9.78 Å². The highest BCUT2D eigenvalue weighted by molar-refractivity contribution is 5.93. The van der Waals surface area contributed by atoms with Gasteiger partial charge in [-0.1, -0.05) is 13.3 Å². The van der Waals surface area contributed by atoms with Gasteiger partial charge in [-0.05, 0) is 30.9 Å². The van der Waals surface area contributed by atoms with E-state index in [0.29, 0.717) is 11.6 Å². The number of amides is 1. The van der Waals surface area contributed by atoms with Crippen LogP contribution in [0.1, 0.15) is 36.7 Å². The van der Waals surface area contributed by atoms with E-state index in [1.54, 1.807) is 6.20 Å². The second-order valence-electron chi connectivity index (χ2n) is 4.85. The maximum absolute atomic E-state index is 12.4. The molecule has 0 radical (unpaired) electrons. The predicted molar refractivity (Wildman–Crippen MR) is 72.7 cm³/mol. The Labute approximate surface area is 108 Å². The molecule has 1 aromatic heterocycles. The van der Waals surface area contributed by atoms with Gasteiger partial charge in [-0.25, -0.2) is 0 Å². The van der Waals surface area contributed by atoms with Crippen LogP contribution >= 0.6 is 0 Å². The van der Waals surface area contributed by atoms with Crippen LogP contribution in [0.15, 0.2) is 18.3 Å². The number of hydrogen-bond donors (Lipinski definition) is 1.